The summed E-state index contributed by atoms with van der Waals surface area (Å²) in [5, 5.41) is 4.68. The van der Waals surface area contributed by atoms with E-state index in [1.54, 1.807) is 11.8 Å². The van der Waals surface area contributed by atoms with E-state index >= 15 is 0 Å². The van der Waals surface area contributed by atoms with Crippen LogP contribution in [0.3, 0.4) is 0 Å². The SMILES string of the molecule is Ic1ccccc1CSC1=N[C@@H](c2ccccc2)[C@@H](c2ccccc2)N1. The summed E-state index contributed by atoms with van der Waals surface area (Å²) in [7, 11) is 0. The molecule has 0 saturated carbocycles. The third-order valence-corrected chi connectivity index (χ3v) is 6.48. The maximum Gasteiger partial charge on any atom is 0.158 e. The molecule has 0 spiro atoms. The Morgan fingerprint density at radius 3 is 2.12 bits per heavy atom. The lowest BCUT2D eigenvalue weighted by atomic mass is 9.95. The molecule has 1 N–H and O–H groups in total. The molecule has 26 heavy (non-hydrogen) atoms. The molecule has 0 amide bonds. The standard InChI is InChI=1S/C22H19IN2S/c23-19-14-8-7-13-18(19)15-26-22-24-20(16-9-3-1-4-10-16)21(25-22)17-11-5-2-6-12-17/h1-14,20-21H,15H2,(H,24,25)/t20-,21+. The zero-order valence-corrected chi connectivity index (χ0v) is 17.2. The maximum atomic E-state index is 5.03. The Bertz CT molecular complexity index is 896. The Hall–Kier alpha value is -1.79. The topological polar surface area (TPSA) is 24.4 Å². The summed E-state index contributed by atoms with van der Waals surface area (Å²) in [5.74, 6) is 0.925. The molecule has 130 valence electrons. The van der Waals surface area contributed by atoms with E-state index in [9.17, 15) is 0 Å². The number of halogens is 1. The Labute approximate surface area is 172 Å². The van der Waals surface area contributed by atoms with Crippen molar-refractivity contribution in [2.75, 3.05) is 0 Å². The second-order valence-corrected chi connectivity index (χ2v) is 8.33. The first-order chi connectivity index (χ1) is 12.8. The predicted molar refractivity (Wildman–Crippen MR) is 119 cm³/mol. The average Bonchev–Trinajstić information content (AvgIpc) is 3.13. The van der Waals surface area contributed by atoms with Crippen molar-refractivity contribution in [1.82, 2.24) is 5.32 Å². The number of hydrogen-bond donors (Lipinski definition) is 1. The van der Waals surface area contributed by atoms with Crippen molar-refractivity contribution >= 4 is 39.5 Å². The number of nitrogens with one attached hydrogen (secondary N) is 1. The molecule has 0 saturated heterocycles. The van der Waals surface area contributed by atoms with Crippen molar-refractivity contribution < 1.29 is 0 Å². The lowest BCUT2D eigenvalue weighted by Gasteiger charge is -2.19. The first kappa shape index (κ1) is 17.6. The number of thioether (sulfide) groups is 1. The largest absolute Gasteiger partial charge is 0.356 e. The Morgan fingerprint density at radius 2 is 1.42 bits per heavy atom. The van der Waals surface area contributed by atoms with Gasteiger partial charge in [0.25, 0.3) is 0 Å². The summed E-state index contributed by atoms with van der Waals surface area (Å²) in [6.45, 7) is 0. The van der Waals surface area contributed by atoms with Gasteiger partial charge in [0.1, 0.15) is 6.04 Å². The second-order valence-electron chi connectivity index (χ2n) is 6.20. The highest BCUT2D eigenvalue weighted by atomic mass is 127. The number of amidine groups is 1. The van der Waals surface area contributed by atoms with E-state index in [0.717, 1.165) is 10.9 Å². The molecule has 1 aliphatic rings. The molecular weight excluding hydrogens is 451 g/mol. The van der Waals surface area contributed by atoms with E-state index in [1.807, 2.05) is 0 Å². The van der Waals surface area contributed by atoms with Crippen LogP contribution >= 0.6 is 34.4 Å². The zero-order chi connectivity index (χ0) is 17.8. The highest BCUT2D eigenvalue weighted by Crippen LogP contribution is 2.38. The fourth-order valence-electron chi connectivity index (χ4n) is 3.13. The van der Waals surface area contributed by atoms with Crippen molar-refractivity contribution in [2.45, 2.75) is 17.8 Å². The quantitative estimate of drug-likeness (QED) is 0.476. The van der Waals surface area contributed by atoms with Gasteiger partial charge in [-0.3, -0.25) is 4.99 Å². The molecule has 0 aromatic heterocycles. The Kier molecular flexibility index (Phi) is 5.60. The van der Waals surface area contributed by atoms with Crippen molar-refractivity contribution in [2.24, 2.45) is 4.99 Å². The Balaban J connectivity index is 1.57. The number of aliphatic imine (C=N–C) groups is 1. The third kappa shape index (κ3) is 3.96. The number of rotatable bonds is 4. The lowest BCUT2D eigenvalue weighted by Crippen LogP contribution is -2.22. The van der Waals surface area contributed by atoms with Crippen LogP contribution in [0.15, 0.2) is 89.9 Å². The summed E-state index contributed by atoms with van der Waals surface area (Å²) >= 11 is 4.18. The van der Waals surface area contributed by atoms with Gasteiger partial charge in [-0.05, 0) is 45.3 Å². The van der Waals surface area contributed by atoms with E-state index in [4.69, 9.17) is 4.99 Å². The van der Waals surface area contributed by atoms with Gasteiger partial charge in [-0.15, -0.1) is 0 Å². The monoisotopic (exact) mass is 470 g/mol. The van der Waals surface area contributed by atoms with Crippen LogP contribution in [0, 0.1) is 3.57 Å². The summed E-state index contributed by atoms with van der Waals surface area (Å²) in [4.78, 5) is 5.03. The van der Waals surface area contributed by atoms with Crippen LogP contribution in [0.1, 0.15) is 28.8 Å². The predicted octanol–water partition coefficient (Wildman–Crippen LogP) is 5.97. The zero-order valence-electron chi connectivity index (χ0n) is 14.2. The molecule has 0 aliphatic carbocycles. The van der Waals surface area contributed by atoms with Gasteiger partial charge in [-0.2, -0.15) is 0 Å². The normalized spacial score (nSPS) is 19.0. The molecule has 2 nitrogen and oxygen atoms in total. The highest BCUT2D eigenvalue weighted by molar-refractivity contribution is 14.1. The highest BCUT2D eigenvalue weighted by Gasteiger charge is 2.31. The number of hydrogen-bond acceptors (Lipinski definition) is 3. The molecule has 0 unspecified atom stereocenters. The van der Waals surface area contributed by atoms with Crippen LogP contribution in [0.25, 0.3) is 0 Å². The van der Waals surface area contributed by atoms with E-state index < -0.39 is 0 Å². The molecule has 3 aromatic carbocycles. The van der Waals surface area contributed by atoms with E-state index in [1.165, 1.54) is 20.3 Å². The van der Waals surface area contributed by atoms with Gasteiger partial charge in [0.2, 0.25) is 0 Å². The number of nitrogens with zero attached hydrogens (tertiary/aromatic N) is 1. The summed E-state index contributed by atoms with van der Waals surface area (Å²) < 4.78 is 1.30. The fraction of sp³-hybridized carbons (Fsp3) is 0.136. The second kappa shape index (κ2) is 8.27. The van der Waals surface area contributed by atoms with Gasteiger partial charge in [0, 0.05) is 9.32 Å². The minimum absolute atomic E-state index is 0.107. The fourth-order valence-corrected chi connectivity index (χ4v) is 4.91. The molecule has 0 fully saturated rings. The molecule has 4 heteroatoms. The van der Waals surface area contributed by atoms with Crippen LogP contribution in [-0.2, 0) is 5.75 Å². The van der Waals surface area contributed by atoms with Crippen molar-refractivity contribution in [3.8, 4) is 0 Å². The van der Waals surface area contributed by atoms with Crippen LogP contribution in [-0.4, -0.2) is 5.17 Å². The molecule has 1 heterocycles. The summed E-state index contributed by atoms with van der Waals surface area (Å²) in [5.41, 5.74) is 3.87. The van der Waals surface area contributed by atoms with Crippen molar-refractivity contribution in [1.29, 1.82) is 0 Å². The number of benzene rings is 3. The van der Waals surface area contributed by atoms with E-state index in [2.05, 4.69) is 113 Å². The molecule has 3 aromatic rings. The third-order valence-electron chi connectivity index (χ3n) is 4.47. The molecule has 2 atom stereocenters. The first-order valence-electron chi connectivity index (χ1n) is 8.62. The van der Waals surface area contributed by atoms with Gasteiger partial charge in [-0.25, -0.2) is 0 Å². The smallest absolute Gasteiger partial charge is 0.158 e. The van der Waals surface area contributed by atoms with Gasteiger partial charge in [-0.1, -0.05) is 90.6 Å². The van der Waals surface area contributed by atoms with Crippen LogP contribution < -0.4 is 5.32 Å². The summed E-state index contributed by atoms with van der Waals surface area (Å²) in [6, 6.07) is 30.0. The van der Waals surface area contributed by atoms with Gasteiger partial charge in [0.05, 0.1) is 6.04 Å². The van der Waals surface area contributed by atoms with Gasteiger partial charge in [0.15, 0.2) is 5.17 Å². The van der Waals surface area contributed by atoms with Crippen molar-refractivity contribution in [3.05, 3.63) is 105 Å². The average molecular weight is 470 g/mol. The van der Waals surface area contributed by atoms with Crippen molar-refractivity contribution in [3.63, 3.8) is 0 Å². The van der Waals surface area contributed by atoms with Crippen LogP contribution in [0.2, 0.25) is 0 Å². The van der Waals surface area contributed by atoms with Crippen LogP contribution in [0.4, 0.5) is 0 Å². The molecule has 0 bridgehead atoms. The molecular formula is C22H19IN2S. The first-order valence-corrected chi connectivity index (χ1v) is 10.7. The van der Waals surface area contributed by atoms with E-state index in [-0.39, 0.29) is 12.1 Å². The van der Waals surface area contributed by atoms with E-state index in [0.29, 0.717) is 0 Å². The van der Waals surface area contributed by atoms with Crippen LogP contribution in [0.5, 0.6) is 0 Å². The van der Waals surface area contributed by atoms with Gasteiger partial charge >= 0.3 is 0 Å². The van der Waals surface area contributed by atoms with Gasteiger partial charge < -0.3 is 5.32 Å². The lowest BCUT2D eigenvalue weighted by molar-refractivity contribution is 0.573. The maximum absolute atomic E-state index is 5.03. The molecule has 4 rings (SSSR count). The minimum atomic E-state index is 0.107. The minimum Gasteiger partial charge on any atom is -0.356 e. The molecule has 1 aliphatic heterocycles. The molecule has 0 radical (unpaired) electrons. The summed E-state index contributed by atoms with van der Waals surface area (Å²) in [6.07, 6.45) is 0. The Morgan fingerprint density at radius 1 is 0.808 bits per heavy atom.